The predicted octanol–water partition coefficient (Wildman–Crippen LogP) is 1.94. The molecule has 2 N–H and O–H groups in total. The Morgan fingerprint density at radius 3 is 2.90 bits per heavy atom. The lowest BCUT2D eigenvalue weighted by atomic mass is 10.0. The lowest BCUT2D eigenvalue weighted by Crippen LogP contribution is -2.29. The summed E-state index contributed by atoms with van der Waals surface area (Å²) in [5.41, 5.74) is 8.62. The van der Waals surface area contributed by atoms with Gasteiger partial charge in [0.2, 0.25) is 10.3 Å². The maximum absolute atomic E-state index is 11.1. The number of nitrogens with zero attached hydrogens (tertiary/aromatic N) is 1. The summed E-state index contributed by atoms with van der Waals surface area (Å²) in [6, 6.07) is 5.48. The molecule has 102 valence electrons. The molecule has 1 aliphatic rings. The van der Waals surface area contributed by atoms with E-state index < -0.39 is 16.3 Å². The smallest absolute Gasteiger partial charge is 0.219 e. The van der Waals surface area contributed by atoms with E-state index in [0.717, 1.165) is 20.8 Å². The number of nitrogens with two attached hydrogens (primary N) is 1. The van der Waals surface area contributed by atoms with E-state index in [-0.39, 0.29) is 4.86 Å². The average Bonchev–Trinajstić information content (AvgIpc) is 2.81. The molecular formula is C14H12N2O2S2. The molecule has 2 aromatic rings. The number of hydrogen-bond donors (Lipinski definition) is 1. The number of aryl methyl sites for hydroxylation is 1. The molecule has 0 saturated heterocycles. The summed E-state index contributed by atoms with van der Waals surface area (Å²) in [4.78, 5) is 4.73. The van der Waals surface area contributed by atoms with Crippen LogP contribution in [0.2, 0.25) is 0 Å². The molecule has 4 nitrogen and oxygen atoms in total. The zero-order valence-electron chi connectivity index (χ0n) is 10.7. The van der Waals surface area contributed by atoms with E-state index >= 15 is 0 Å². The Labute approximate surface area is 121 Å². The van der Waals surface area contributed by atoms with Gasteiger partial charge in [0.15, 0.2) is 0 Å². The van der Waals surface area contributed by atoms with E-state index in [1.54, 1.807) is 23.5 Å². The zero-order valence-corrected chi connectivity index (χ0v) is 12.3. The molecular weight excluding hydrogens is 292 g/mol. The highest BCUT2D eigenvalue weighted by molar-refractivity contribution is 7.73. The number of rotatable bonds is 1. The monoisotopic (exact) mass is 304 g/mol. The number of aromatic nitrogens is 1. The topological polar surface area (TPSA) is 73.0 Å². The van der Waals surface area contributed by atoms with E-state index in [1.807, 2.05) is 25.1 Å². The second kappa shape index (κ2) is 4.97. The third-order valence-electron chi connectivity index (χ3n) is 3.09. The summed E-state index contributed by atoms with van der Waals surface area (Å²) >= 11 is 1.55. The van der Waals surface area contributed by atoms with Crippen molar-refractivity contribution in [1.29, 1.82) is 0 Å². The number of fused-ring (bicyclic) bond motifs is 1. The fourth-order valence-electron chi connectivity index (χ4n) is 2.05. The van der Waals surface area contributed by atoms with Crippen LogP contribution < -0.4 is 5.73 Å². The molecule has 0 radical (unpaired) electrons. The van der Waals surface area contributed by atoms with E-state index in [9.17, 15) is 8.42 Å². The minimum atomic E-state index is -2.31. The van der Waals surface area contributed by atoms with Crippen molar-refractivity contribution in [2.45, 2.75) is 13.0 Å². The van der Waals surface area contributed by atoms with Crippen molar-refractivity contribution in [3.8, 4) is 0 Å². The summed E-state index contributed by atoms with van der Waals surface area (Å²) in [5, 5.41) is 0.803. The van der Waals surface area contributed by atoms with Gasteiger partial charge in [0.25, 0.3) is 0 Å². The van der Waals surface area contributed by atoms with Crippen LogP contribution in [0.1, 0.15) is 10.6 Å². The summed E-state index contributed by atoms with van der Waals surface area (Å²) in [6.07, 6.45) is 5.10. The zero-order chi connectivity index (χ0) is 14.3. The van der Waals surface area contributed by atoms with Gasteiger partial charge in [-0.15, -0.1) is 11.3 Å². The SMILES string of the molecule is Cc1ccc2nc(C3=CC(=S(=O)=O)C(N)C=C3)sc2c1. The first kappa shape index (κ1) is 13.2. The largest absolute Gasteiger partial charge is 0.320 e. The van der Waals surface area contributed by atoms with Crippen molar-refractivity contribution in [3.05, 3.63) is 47.0 Å². The van der Waals surface area contributed by atoms with Gasteiger partial charge in [-0.25, -0.2) is 4.98 Å². The van der Waals surface area contributed by atoms with Crippen LogP contribution in [-0.4, -0.2) is 24.3 Å². The van der Waals surface area contributed by atoms with Crippen molar-refractivity contribution in [2.75, 3.05) is 0 Å². The van der Waals surface area contributed by atoms with Crippen LogP contribution in [0, 0.1) is 6.92 Å². The molecule has 1 aliphatic carbocycles. The Hall–Kier alpha value is -1.76. The first-order valence-corrected chi connectivity index (χ1v) is 7.93. The minimum Gasteiger partial charge on any atom is -0.320 e. The standard InChI is InChI=1S/C14H12N2O2S2/c1-8-2-5-11-12(6-8)19-14(16-11)9-3-4-10(15)13(7-9)20(17)18/h2-7,10H,15H2,1H3. The molecule has 3 rings (SSSR count). The van der Waals surface area contributed by atoms with Crippen molar-refractivity contribution in [3.63, 3.8) is 0 Å². The molecule has 6 heteroatoms. The van der Waals surface area contributed by atoms with Crippen molar-refractivity contribution in [2.24, 2.45) is 5.73 Å². The fourth-order valence-corrected chi connectivity index (χ4v) is 3.63. The molecule has 1 aromatic heterocycles. The molecule has 0 saturated carbocycles. The second-order valence-corrected chi connectivity index (χ2v) is 6.58. The molecule has 0 spiro atoms. The summed E-state index contributed by atoms with van der Waals surface area (Å²) in [6.45, 7) is 2.03. The number of allylic oxidation sites excluding steroid dienone is 2. The van der Waals surface area contributed by atoms with Crippen LogP contribution in [0.3, 0.4) is 0 Å². The molecule has 1 heterocycles. The molecule has 0 aliphatic heterocycles. The molecule has 0 amide bonds. The highest BCUT2D eigenvalue weighted by atomic mass is 32.2. The average molecular weight is 304 g/mol. The van der Waals surface area contributed by atoms with Crippen molar-refractivity contribution < 1.29 is 8.42 Å². The number of benzene rings is 1. The quantitative estimate of drug-likeness (QED) is 0.817. The predicted molar refractivity (Wildman–Crippen MR) is 83.4 cm³/mol. The Morgan fingerprint density at radius 2 is 2.15 bits per heavy atom. The summed E-state index contributed by atoms with van der Waals surface area (Å²) in [7, 11) is -2.31. The van der Waals surface area contributed by atoms with Gasteiger partial charge in [-0.1, -0.05) is 18.2 Å². The van der Waals surface area contributed by atoms with Gasteiger partial charge in [0.1, 0.15) is 5.01 Å². The number of thiazole rings is 1. The highest BCUT2D eigenvalue weighted by Gasteiger charge is 2.16. The molecule has 1 atom stereocenters. The van der Waals surface area contributed by atoms with Gasteiger partial charge in [-0.3, -0.25) is 0 Å². The molecule has 0 bridgehead atoms. The first-order chi connectivity index (χ1) is 9.54. The highest BCUT2D eigenvalue weighted by Crippen LogP contribution is 2.29. The lowest BCUT2D eigenvalue weighted by Gasteiger charge is -2.10. The lowest BCUT2D eigenvalue weighted by molar-refractivity contribution is 0.626. The summed E-state index contributed by atoms with van der Waals surface area (Å²) in [5.74, 6) is 0. The minimum absolute atomic E-state index is 0.193. The van der Waals surface area contributed by atoms with Crippen LogP contribution in [0.5, 0.6) is 0 Å². The normalized spacial score (nSPS) is 18.4. The number of hydrogen-bond acceptors (Lipinski definition) is 5. The Morgan fingerprint density at radius 1 is 1.35 bits per heavy atom. The third kappa shape index (κ3) is 2.33. The third-order valence-corrected chi connectivity index (χ3v) is 4.93. The maximum Gasteiger partial charge on any atom is 0.219 e. The van der Waals surface area contributed by atoms with Gasteiger partial charge in [0, 0.05) is 5.57 Å². The molecule has 1 unspecified atom stereocenters. The van der Waals surface area contributed by atoms with Crippen molar-refractivity contribution in [1.82, 2.24) is 4.98 Å². The van der Waals surface area contributed by atoms with Gasteiger partial charge in [0.05, 0.1) is 21.1 Å². The van der Waals surface area contributed by atoms with E-state index in [2.05, 4.69) is 11.1 Å². The summed E-state index contributed by atoms with van der Waals surface area (Å²) < 4.78 is 23.4. The van der Waals surface area contributed by atoms with Gasteiger partial charge < -0.3 is 5.73 Å². The van der Waals surface area contributed by atoms with E-state index in [0.29, 0.717) is 0 Å². The van der Waals surface area contributed by atoms with Crippen LogP contribution in [0.4, 0.5) is 0 Å². The van der Waals surface area contributed by atoms with Crippen LogP contribution in [0.15, 0.2) is 36.4 Å². The molecule has 1 aromatic carbocycles. The van der Waals surface area contributed by atoms with Crippen LogP contribution in [-0.2, 0) is 10.3 Å². The molecule has 20 heavy (non-hydrogen) atoms. The van der Waals surface area contributed by atoms with Gasteiger partial charge >= 0.3 is 0 Å². The Kier molecular flexibility index (Phi) is 3.29. The van der Waals surface area contributed by atoms with E-state index in [4.69, 9.17) is 5.73 Å². The van der Waals surface area contributed by atoms with Crippen molar-refractivity contribution >= 4 is 42.3 Å². The van der Waals surface area contributed by atoms with Gasteiger partial charge in [-0.2, -0.15) is 8.42 Å². The Balaban J connectivity index is 2.14. The molecule has 0 fully saturated rings. The maximum atomic E-state index is 11.1. The van der Waals surface area contributed by atoms with E-state index in [1.165, 1.54) is 5.56 Å². The van der Waals surface area contributed by atoms with Gasteiger partial charge in [-0.05, 0) is 30.7 Å². The Bertz CT molecular complexity index is 881. The fraction of sp³-hybridized carbons (Fsp3) is 0.143. The van der Waals surface area contributed by atoms with Crippen LogP contribution in [0.25, 0.3) is 15.8 Å². The second-order valence-electron chi connectivity index (χ2n) is 4.61. The first-order valence-electron chi connectivity index (χ1n) is 6.04. The van der Waals surface area contributed by atoms with Crippen LogP contribution >= 0.6 is 11.3 Å².